The molecule has 0 saturated carbocycles. The Morgan fingerprint density at radius 1 is 1.21 bits per heavy atom. The van der Waals surface area contributed by atoms with Gasteiger partial charge in [0, 0.05) is 5.56 Å². The zero-order valence-corrected chi connectivity index (χ0v) is 15.8. The largest absolute Gasteiger partial charge is 0.503 e. The lowest BCUT2D eigenvalue weighted by Gasteiger charge is -2.30. The molecule has 2 N–H and O–H groups in total. The molecule has 1 aromatic heterocycles. The smallest absolute Gasteiger partial charge is 0.290 e. The van der Waals surface area contributed by atoms with Crippen molar-refractivity contribution < 1.29 is 33.1 Å². The van der Waals surface area contributed by atoms with Gasteiger partial charge in [0.15, 0.2) is 11.5 Å². The van der Waals surface area contributed by atoms with E-state index in [-0.39, 0.29) is 23.4 Å². The van der Waals surface area contributed by atoms with Crippen LogP contribution in [0.4, 0.5) is 4.39 Å². The lowest BCUT2D eigenvalue weighted by molar-refractivity contribution is -0.907. The molecular weight excluding hydrogens is 379 g/mol. The van der Waals surface area contributed by atoms with Crippen LogP contribution in [0.2, 0.25) is 0 Å². The van der Waals surface area contributed by atoms with E-state index in [0.29, 0.717) is 19.8 Å². The quantitative estimate of drug-likeness (QED) is 0.703. The first-order chi connectivity index (χ1) is 14.1. The highest BCUT2D eigenvalue weighted by molar-refractivity contribution is 6.15. The van der Waals surface area contributed by atoms with Crippen LogP contribution in [0.5, 0.6) is 0 Å². The van der Waals surface area contributed by atoms with Crippen LogP contribution in [-0.2, 0) is 9.53 Å². The Bertz CT molecular complexity index is 934. The van der Waals surface area contributed by atoms with Gasteiger partial charge in [-0.05, 0) is 18.2 Å². The third kappa shape index (κ3) is 3.68. The zero-order chi connectivity index (χ0) is 20.4. The first kappa shape index (κ1) is 19.4. The van der Waals surface area contributed by atoms with Crippen molar-refractivity contribution in [2.45, 2.75) is 6.04 Å². The van der Waals surface area contributed by atoms with Crippen LogP contribution in [0.15, 0.2) is 58.4 Å². The number of nitrogens with zero attached hydrogens (tertiary/aromatic N) is 1. The molecule has 1 fully saturated rings. The molecule has 1 aromatic carbocycles. The Morgan fingerprint density at radius 2 is 1.97 bits per heavy atom. The minimum Gasteiger partial charge on any atom is -0.503 e. The SMILES string of the molecule is O=C(C1=C(O)C(=O)N(CC[NH+]2CCOCC2)[C@@H]1c1ccccc1F)c1ccco1. The summed E-state index contributed by atoms with van der Waals surface area (Å²) in [7, 11) is 0. The number of carbonyl (C=O) groups is 2. The van der Waals surface area contributed by atoms with Gasteiger partial charge in [-0.15, -0.1) is 0 Å². The highest BCUT2D eigenvalue weighted by atomic mass is 19.1. The third-order valence-corrected chi connectivity index (χ3v) is 5.40. The number of ether oxygens (including phenoxy) is 1. The Balaban J connectivity index is 1.68. The number of hydrogen-bond acceptors (Lipinski definition) is 5. The highest BCUT2D eigenvalue weighted by Gasteiger charge is 2.45. The number of benzene rings is 1. The molecule has 0 radical (unpaired) electrons. The molecule has 8 heteroatoms. The van der Waals surface area contributed by atoms with E-state index in [0.717, 1.165) is 13.1 Å². The van der Waals surface area contributed by atoms with Crippen molar-refractivity contribution in [2.75, 3.05) is 39.4 Å². The van der Waals surface area contributed by atoms with Gasteiger partial charge < -0.3 is 24.1 Å². The fraction of sp³-hybridized carbons (Fsp3) is 0.333. The summed E-state index contributed by atoms with van der Waals surface area (Å²) in [6, 6.07) is 7.95. The minimum atomic E-state index is -1.01. The topological polar surface area (TPSA) is 84.4 Å². The summed E-state index contributed by atoms with van der Waals surface area (Å²) >= 11 is 0. The van der Waals surface area contributed by atoms with Crippen LogP contribution in [-0.4, -0.2) is 61.1 Å². The fourth-order valence-corrected chi connectivity index (χ4v) is 3.87. The predicted octanol–water partition coefficient (Wildman–Crippen LogP) is 0.912. The average Bonchev–Trinajstić information content (AvgIpc) is 3.35. The lowest BCUT2D eigenvalue weighted by Crippen LogP contribution is -3.14. The number of amides is 1. The van der Waals surface area contributed by atoms with Crippen molar-refractivity contribution in [3.05, 3.63) is 71.1 Å². The molecule has 4 rings (SSSR count). The monoisotopic (exact) mass is 401 g/mol. The van der Waals surface area contributed by atoms with Gasteiger partial charge in [0.05, 0.1) is 44.2 Å². The molecule has 1 saturated heterocycles. The van der Waals surface area contributed by atoms with E-state index in [1.54, 1.807) is 12.1 Å². The second-order valence-electron chi connectivity index (χ2n) is 7.10. The summed E-state index contributed by atoms with van der Waals surface area (Å²) in [4.78, 5) is 28.4. The maximum atomic E-state index is 14.6. The summed E-state index contributed by atoms with van der Waals surface area (Å²) in [5, 5.41) is 10.5. The number of morpholine rings is 1. The van der Waals surface area contributed by atoms with Gasteiger partial charge in [0.1, 0.15) is 18.9 Å². The normalized spacial score (nSPS) is 20.5. The van der Waals surface area contributed by atoms with Crippen LogP contribution in [0, 0.1) is 5.82 Å². The molecule has 0 unspecified atom stereocenters. The van der Waals surface area contributed by atoms with Crippen molar-refractivity contribution in [1.29, 1.82) is 0 Å². The summed E-state index contributed by atoms with van der Waals surface area (Å²) in [6.45, 7) is 3.78. The van der Waals surface area contributed by atoms with E-state index >= 15 is 0 Å². The molecule has 152 valence electrons. The number of furan rings is 1. The number of quaternary nitrogens is 1. The van der Waals surface area contributed by atoms with Gasteiger partial charge in [-0.25, -0.2) is 4.39 Å². The summed E-state index contributed by atoms with van der Waals surface area (Å²) in [6.07, 6.45) is 1.33. The Hall–Kier alpha value is -2.97. The van der Waals surface area contributed by atoms with E-state index in [2.05, 4.69) is 0 Å². The van der Waals surface area contributed by atoms with Gasteiger partial charge in [0.25, 0.3) is 5.91 Å². The van der Waals surface area contributed by atoms with Crippen molar-refractivity contribution in [2.24, 2.45) is 0 Å². The Labute approximate surface area is 167 Å². The van der Waals surface area contributed by atoms with E-state index < -0.39 is 29.3 Å². The number of Topliss-reactive ketones (excluding diaryl/α,β-unsaturated/α-hetero) is 1. The van der Waals surface area contributed by atoms with Gasteiger partial charge in [-0.1, -0.05) is 18.2 Å². The number of ketones is 1. The van der Waals surface area contributed by atoms with Crippen molar-refractivity contribution in [3.8, 4) is 0 Å². The van der Waals surface area contributed by atoms with Crippen LogP contribution >= 0.6 is 0 Å². The van der Waals surface area contributed by atoms with Gasteiger partial charge in [-0.2, -0.15) is 0 Å². The number of rotatable bonds is 6. The molecular formula is C21H22FN2O5+. The van der Waals surface area contributed by atoms with Crippen LogP contribution in [0.1, 0.15) is 22.2 Å². The van der Waals surface area contributed by atoms with E-state index in [1.807, 2.05) is 0 Å². The molecule has 2 aliphatic heterocycles. The number of halogens is 1. The molecule has 2 aromatic rings. The van der Waals surface area contributed by atoms with E-state index in [4.69, 9.17) is 9.15 Å². The lowest BCUT2D eigenvalue weighted by atomic mass is 9.94. The van der Waals surface area contributed by atoms with Gasteiger partial charge >= 0.3 is 0 Å². The zero-order valence-electron chi connectivity index (χ0n) is 15.8. The van der Waals surface area contributed by atoms with Crippen molar-refractivity contribution >= 4 is 11.7 Å². The second-order valence-corrected chi connectivity index (χ2v) is 7.10. The van der Waals surface area contributed by atoms with Gasteiger partial charge in [-0.3, -0.25) is 9.59 Å². The highest BCUT2D eigenvalue weighted by Crippen LogP contribution is 2.39. The molecule has 29 heavy (non-hydrogen) atoms. The number of hydrogen-bond donors (Lipinski definition) is 2. The summed E-state index contributed by atoms with van der Waals surface area (Å²) in [5.41, 5.74) is 0.00353. The third-order valence-electron chi connectivity index (χ3n) is 5.40. The standard InChI is InChI=1S/C21H21FN2O5/c22-15-5-2-1-4-14(15)18-17(19(25)16-6-3-11-29-16)20(26)21(27)24(18)8-7-23-9-12-28-13-10-23/h1-6,11,18,26H,7-10,12-13H2/p+1/t18-/m1/s1. The first-order valence-corrected chi connectivity index (χ1v) is 9.56. The maximum absolute atomic E-state index is 14.6. The maximum Gasteiger partial charge on any atom is 0.290 e. The molecule has 0 aliphatic carbocycles. The molecule has 0 spiro atoms. The van der Waals surface area contributed by atoms with E-state index in [1.165, 1.54) is 40.3 Å². The minimum absolute atomic E-state index is 0.0126. The Kier molecular flexibility index (Phi) is 5.46. The number of carbonyl (C=O) groups excluding carboxylic acids is 2. The second kappa shape index (κ2) is 8.18. The van der Waals surface area contributed by atoms with Gasteiger partial charge in [0.2, 0.25) is 5.78 Å². The van der Waals surface area contributed by atoms with Crippen molar-refractivity contribution in [3.63, 3.8) is 0 Å². The van der Waals surface area contributed by atoms with Crippen LogP contribution in [0.25, 0.3) is 0 Å². The fourth-order valence-electron chi connectivity index (χ4n) is 3.87. The predicted molar refractivity (Wildman–Crippen MR) is 99.9 cm³/mol. The summed E-state index contributed by atoms with van der Waals surface area (Å²) in [5.74, 6) is -2.53. The molecule has 7 nitrogen and oxygen atoms in total. The van der Waals surface area contributed by atoms with E-state index in [9.17, 15) is 19.1 Å². The number of aliphatic hydroxyl groups excluding tert-OH is 1. The van der Waals surface area contributed by atoms with Crippen LogP contribution < -0.4 is 4.90 Å². The molecule has 1 amide bonds. The summed E-state index contributed by atoms with van der Waals surface area (Å²) < 4.78 is 25.2. The first-order valence-electron chi connectivity index (χ1n) is 9.56. The molecule has 0 bridgehead atoms. The molecule has 3 heterocycles. The molecule has 1 atom stereocenters. The molecule has 2 aliphatic rings. The Morgan fingerprint density at radius 3 is 2.66 bits per heavy atom. The van der Waals surface area contributed by atoms with Crippen molar-refractivity contribution in [1.82, 2.24) is 4.90 Å². The number of nitrogens with one attached hydrogen (secondary N) is 1. The van der Waals surface area contributed by atoms with Crippen LogP contribution in [0.3, 0.4) is 0 Å². The number of aliphatic hydroxyl groups is 1. The average molecular weight is 401 g/mol.